The summed E-state index contributed by atoms with van der Waals surface area (Å²) in [5, 5.41) is 10.4. The van der Waals surface area contributed by atoms with Crippen molar-refractivity contribution in [3.63, 3.8) is 0 Å². The molecule has 6 heteroatoms. The van der Waals surface area contributed by atoms with Gasteiger partial charge in [-0.15, -0.1) is 0 Å². The van der Waals surface area contributed by atoms with Gasteiger partial charge in [-0.2, -0.15) is 5.10 Å². The third-order valence-corrected chi connectivity index (χ3v) is 6.43. The Labute approximate surface area is 206 Å². The second-order valence-electron chi connectivity index (χ2n) is 8.60. The van der Waals surface area contributed by atoms with E-state index in [-0.39, 0.29) is 0 Å². The van der Waals surface area contributed by atoms with Crippen molar-refractivity contribution in [1.82, 2.24) is 15.2 Å². The lowest BCUT2D eigenvalue weighted by Crippen LogP contribution is -1.92. The van der Waals surface area contributed by atoms with Crippen LogP contribution in [0.3, 0.4) is 0 Å². The number of anilines is 1. The normalized spacial score (nSPS) is 11.4. The maximum absolute atomic E-state index is 6.36. The molecule has 0 saturated carbocycles. The van der Waals surface area contributed by atoms with Crippen LogP contribution in [0.2, 0.25) is 0 Å². The van der Waals surface area contributed by atoms with Gasteiger partial charge in [0.25, 0.3) is 0 Å². The molecule has 3 aromatic heterocycles. The smallest absolute Gasteiger partial charge is 0.153 e. The van der Waals surface area contributed by atoms with E-state index in [1.807, 2.05) is 91.1 Å². The predicted molar refractivity (Wildman–Crippen MR) is 143 cm³/mol. The molecule has 0 atom stereocenters. The number of ether oxygens (including phenoxy) is 1. The van der Waals surface area contributed by atoms with E-state index in [9.17, 15) is 0 Å². The van der Waals surface area contributed by atoms with Crippen molar-refractivity contribution in [3.05, 3.63) is 103 Å². The number of aromatic nitrogens is 3. The van der Waals surface area contributed by atoms with E-state index in [0.717, 1.165) is 66.7 Å². The Balaban J connectivity index is 1.36. The van der Waals surface area contributed by atoms with Gasteiger partial charge in [0, 0.05) is 28.1 Å². The molecule has 0 radical (unpaired) electrons. The number of aromatic amines is 1. The van der Waals surface area contributed by atoms with Crippen LogP contribution < -0.4 is 10.5 Å². The molecule has 0 fully saturated rings. The Morgan fingerprint density at radius 1 is 0.694 bits per heavy atom. The molecule has 4 aromatic carbocycles. The lowest BCUT2D eigenvalue weighted by atomic mass is 9.98. The van der Waals surface area contributed by atoms with Gasteiger partial charge in [-0.05, 0) is 42.0 Å². The molecular weight excluding hydrogens is 448 g/mol. The quantitative estimate of drug-likeness (QED) is 0.278. The monoisotopic (exact) mass is 468 g/mol. The van der Waals surface area contributed by atoms with E-state index in [1.165, 1.54) is 0 Å². The first-order valence-electron chi connectivity index (χ1n) is 11.6. The highest BCUT2D eigenvalue weighted by Gasteiger charge is 2.19. The molecule has 0 amide bonds. The van der Waals surface area contributed by atoms with Gasteiger partial charge in [-0.3, -0.25) is 10.1 Å². The zero-order valence-corrected chi connectivity index (χ0v) is 19.1. The van der Waals surface area contributed by atoms with Crippen molar-refractivity contribution in [2.75, 3.05) is 5.73 Å². The molecule has 7 rings (SSSR count). The van der Waals surface area contributed by atoms with Gasteiger partial charge in [0.1, 0.15) is 22.7 Å². The molecule has 0 bridgehead atoms. The van der Waals surface area contributed by atoms with E-state index in [4.69, 9.17) is 19.9 Å². The lowest BCUT2D eigenvalue weighted by molar-refractivity contribution is 0.483. The summed E-state index contributed by atoms with van der Waals surface area (Å²) in [6.45, 7) is 0. The van der Waals surface area contributed by atoms with Crippen molar-refractivity contribution in [3.8, 4) is 33.9 Å². The molecule has 172 valence electrons. The molecule has 0 aliphatic rings. The van der Waals surface area contributed by atoms with Crippen LogP contribution in [0, 0.1) is 0 Å². The number of fused-ring (bicyclic) bond motifs is 4. The van der Waals surface area contributed by atoms with Crippen molar-refractivity contribution in [2.45, 2.75) is 0 Å². The number of H-pyrrole nitrogens is 1. The summed E-state index contributed by atoms with van der Waals surface area (Å²) in [5.41, 5.74) is 12.4. The molecular formula is C30H20N4O2. The first kappa shape index (κ1) is 20.3. The Morgan fingerprint density at radius 3 is 2.31 bits per heavy atom. The number of nitrogen functional groups attached to an aromatic ring is 1. The van der Waals surface area contributed by atoms with E-state index < -0.39 is 0 Å². The fraction of sp³-hybridized carbons (Fsp3) is 0. The first-order valence-corrected chi connectivity index (χ1v) is 11.6. The van der Waals surface area contributed by atoms with Crippen molar-refractivity contribution in [1.29, 1.82) is 0 Å². The number of nitrogens with two attached hydrogens (primary N) is 1. The predicted octanol–water partition coefficient (Wildman–Crippen LogP) is 7.57. The SMILES string of the molecule is Nc1n[nH]c2c(-c3cccc4oc5ccccc5c34)ncc(-c3ccc(Oc4ccccc4)cc3)c12. The zero-order valence-electron chi connectivity index (χ0n) is 19.1. The number of rotatable bonds is 4. The number of furan rings is 1. The largest absolute Gasteiger partial charge is 0.457 e. The third-order valence-electron chi connectivity index (χ3n) is 6.43. The molecule has 0 saturated heterocycles. The molecule has 7 aromatic rings. The number of hydrogen-bond donors (Lipinski definition) is 2. The van der Waals surface area contributed by atoms with Crippen LogP contribution in [0.15, 0.2) is 108 Å². The Hall–Kier alpha value is -5.10. The van der Waals surface area contributed by atoms with Crippen LogP contribution in [0.25, 0.3) is 55.2 Å². The number of nitrogens with zero attached hydrogens (tertiary/aromatic N) is 2. The van der Waals surface area contributed by atoms with Crippen LogP contribution in [0.5, 0.6) is 11.5 Å². The average molecular weight is 469 g/mol. The van der Waals surface area contributed by atoms with Gasteiger partial charge < -0.3 is 14.9 Å². The minimum absolute atomic E-state index is 0.428. The molecule has 6 nitrogen and oxygen atoms in total. The van der Waals surface area contributed by atoms with Gasteiger partial charge in [-0.1, -0.05) is 60.7 Å². The first-order chi connectivity index (χ1) is 17.8. The van der Waals surface area contributed by atoms with Crippen molar-refractivity contribution >= 4 is 38.7 Å². The van der Waals surface area contributed by atoms with Gasteiger partial charge in [0.15, 0.2) is 5.82 Å². The minimum Gasteiger partial charge on any atom is -0.457 e. The summed E-state index contributed by atoms with van der Waals surface area (Å²) in [7, 11) is 0. The summed E-state index contributed by atoms with van der Waals surface area (Å²) >= 11 is 0. The fourth-order valence-electron chi connectivity index (χ4n) is 4.78. The van der Waals surface area contributed by atoms with Crippen LogP contribution in [-0.4, -0.2) is 15.2 Å². The fourth-order valence-corrected chi connectivity index (χ4v) is 4.78. The van der Waals surface area contributed by atoms with Gasteiger partial charge in [0.2, 0.25) is 0 Å². The highest BCUT2D eigenvalue weighted by Crippen LogP contribution is 2.41. The van der Waals surface area contributed by atoms with E-state index in [1.54, 1.807) is 0 Å². The Morgan fingerprint density at radius 2 is 1.44 bits per heavy atom. The molecule has 0 aliphatic carbocycles. The summed E-state index contributed by atoms with van der Waals surface area (Å²) in [6, 6.07) is 31.6. The molecule has 3 N–H and O–H groups in total. The summed E-state index contributed by atoms with van der Waals surface area (Å²) in [5.74, 6) is 1.97. The molecule has 36 heavy (non-hydrogen) atoms. The number of nitrogens with one attached hydrogen (secondary N) is 1. The number of hydrogen-bond acceptors (Lipinski definition) is 5. The zero-order chi connectivity index (χ0) is 24.1. The maximum atomic E-state index is 6.36. The molecule has 0 unspecified atom stereocenters. The maximum Gasteiger partial charge on any atom is 0.153 e. The van der Waals surface area contributed by atoms with Crippen LogP contribution >= 0.6 is 0 Å². The third kappa shape index (κ3) is 3.20. The highest BCUT2D eigenvalue weighted by molar-refractivity contribution is 6.16. The Bertz CT molecular complexity index is 1870. The van der Waals surface area contributed by atoms with Crippen molar-refractivity contribution < 1.29 is 9.15 Å². The standard InChI is InChI=1S/C30H20N4O2/c31-30-27-23(18-13-15-20(16-14-18)35-19-7-2-1-3-8-19)17-32-28(29(27)33-34-30)22-10-6-12-25-26(22)21-9-4-5-11-24(21)36-25/h1-17H,(H3,31,33,34). The van der Waals surface area contributed by atoms with Gasteiger partial charge >= 0.3 is 0 Å². The molecule has 0 aliphatic heterocycles. The summed E-state index contributed by atoms with van der Waals surface area (Å²) in [6.07, 6.45) is 1.86. The van der Waals surface area contributed by atoms with E-state index in [2.05, 4.69) is 22.3 Å². The van der Waals surface area contributed by atoms with Crippen molar-refractivity contribution in [2.24, 2.45) is 0 Å². The van der Waals surface area contributed by atoms with E-state index in [0.29, 0.717) is 5.82 Å². The lowest BCUT2D eigenvalue weighted by Gasteiger charge is -2.10. The second-order valence-corrected chi connectivity index (χ2v) is 8.60. The van der Waals surface area contributed by atoms with Gasteiger partial charge in [0.05, 0.1) is 16.6 Å². The Kier molecular flexibility index (Phi) is 4.50. The van der Waals surface area contributed by atoms with Crippen LogP contribution in [0.1, 0.15) is 0 Å². The summed E-state index contributed by atoms with van der Waals surface area (Å²) < 4.78 is 12.0. The number of benzene rings is 4. The topological polar surface area (TPSA) is 90.0 Å². The number of para-hydroxylation sites is 2. The molecule has 0 spiro atoms. The van der Waals surface area contributed by atoms with Crippen LogP contribution in [-0.2, 0) is 0 Å². The molecule has 3 heterocycles. The number of pyridine rings is 1. The average Bonchev–Trinajstić information content (AvgIpc) is 3.50. The summed E-state index contributed by atoms with van der Waals surface area (Å²) in [4.78, 5) is 4.89. The highest BCUT2D eigenvalue weighted by atomic mass is 16.5. The van der Waals surface area contributed by atoms with Crippen LogP contribution in [0.4, 0.5) is 5.82 Å². The minimum atomic E-state index is 0.428. The van der Waals surface area contributed by atoms with E-state index >= 15 is 0 Å². The second kappa shape index (κ2) is 7.99. The van der Waals surface area contributed by atoms with Gasteiger partial charge in [-0.25, -0.2) is 0 Å².